The first-order valence-corrected chi connectivity index (χ1v) is 5.36. The van der Waals surface area contributed by atoms with E-state index in [0.29, 0.717) is 12.0 Å². The molecule has 0 saturated heterocycles. The third-order valence-corrected chi connectivity index (χ3v) is 3.00. The molecule has 3 rings (SSSR count). The second-order valence-electron chi connectivity index (χ2n) is 4.46. The van der Waals surface area contributed by atoms with Crippen molar-refractivity contribution in [3.05, 3.63) is 17.5 Å². The molecule has 0 aliphatic heterocycles. The molecule has 14 heavy (non-hydrogen) atoms. The molecule has 0 amide bonds. The van der Waals surface area contributed by atoms with Gasteiger partial charge in [-0.05, 0) is 31.7 Å². The molecule has 2 aliphatic rings. The van der Waals surface area contributed by atoms with Gasteiger partial charge in [0, 0.05) is 12.8 Å². The van der Waals surface area contributed by atoms with Gasteiger partial charge in [0.2, 0.25) is 0 Å². The Hall–Kier alpha value is -1.12. The average molecular weight is 190 g/mol. The van der Waals surface area contributed by atoms with E-state index in [1.807, 2.05) is 10.7 Å². The Balaban J connectivity index is 2.01. The summed E-state index contributed by atoms with van der Waals surface area (Å²) >= 11 is 0. The van der Waals surface area contributed by atoms with Crippen molar-refractivity contribution in [2.75, 3.05) is 0 Å². The van der Waals surface area contributed by atoms with Crippen LogP contribution in [0.3, 0.4) is 0 Å². The fourth-order valence-corrected chi connectivity index (χ4v) is 1.85. The van der Waals surface area contributed by atoms with Crippen molar-refractivity contribution in [2.24, 2.45) is 0 Å². The van der Waals surface area contributed by atoms with E-state index in [9.17, 15) is 4.79 Å². The highest BCUT2D eigenvalue weighted by molar-refractivity contribution is 5.92. The lowest BCUT2D eigenvalue weighted by Crippen LogP contribution is -2.06. The van der Waals surface area contributed by atoms with E-state index in [-0.39, 0.29) is 5.78 Å². The van der Waals surface area contributed by atoms with E-state index in [1.165, 1.54) is 25.7 Å². The molecule has 0 N–H and O–H groups in total. The number of Topliss-reactive ketones (excluding diaryl/α,β-unsaturated/α-hetero) is 1. The lowest BCUT2D eigenvalue weighted by molar-refractivity contribution is 0.100. The quantitative estimate of drug-likeness (QED) is 0.685. The summed E-state index contributed by atoms with van der Waals surface area (Å²) in [5, 5.41) is 4.55. The van der Waals surface area contributed by atoms with Gasteiger partial charge in [0.15, 0.2) is 5.78 Å². The summed E-state index contributed by atoms with van der Waals surface area (Å²) in [4.78, 5) is 11.4. The molecule has 2 aliphatic carbocycles. The second-order valence-corrected chi connectivity index (χ2v) is 4.46. The van der Waals surface area contributed by atoms with E-state index in [0.717, 1.165) is 11.4 Å². The maximum absolute atomic E-state index is 11.4. The Morgan fingerprint density at radius 2 is 2.14 bits per heavy atom. The molecule has 2 saturated carbocycles. The second kappa shape index (κ2) is 2.69. The molecule has 1 heterocycles. The third-order valence-electron chi connectivity index (χ3n) is 3.00. The molecule has 74 valence electrons. The van der Waals surface area contributed by atoms with Crippen LogP contribution in [0.15, 0.2) is 6.07 Å². The molecule has 0 bridgehead atoms. The number of hydrogen-bond acceptors (Lipinski definition) is 2. The minimum absolute atomic E-state index is 0.149. The lowest BCUT2D eigenvalue weighted by atomic mass is 10.2. The van der Waals surface area contributed by atoms with Crippen LogP contribution in [0.2, 0.25) is 0 Å². The minimum atomic E-state index is 0.149. The van der Waals surface area contributed by atoms with Crippen LogP contribution in [0, 0.1) is 0 Å². The van der Waals surface area contributed by atoms with Crippen LogP contribution in [0.1, 0.15) is 60.7 Å². The van der Waals surface area contributed by atoms with Crippen molar-refractivity contribution in [3.63, 3.8) is 0 Å². The lowest BCUT2D eigenvalue weighted by Gasteiger charge is -2.00. The molecule has 0 spiro atoms. The Morgan fingerprint density at radius 1 is 1.43 bits per heavy atom. The van der Waals surface area contributed by atoms with Gasteiger partial charge in [0.1, 0.15) is 5.69 Å². The maximum atomic E-state index is 11.4. The van der Waals surface area contributed by atoms with Crippen LogP contribution in [0.5, 0.6) is 0 Å². The summed E-state index contributed by atoms with van der Waals surface area (Å²) in [5.74, 6) is 0.796. The Bertz CT molecular complexity index is 386. The fraction of sp³-hybridized carbons (Fsp3) is 0.636. The van der Waals surface area contributed by atoms with E-state index >= 15 is 0 Å². The molecule has 3 nitrogen and oxygen atoms in total. The molecule has 2 fully saturated rings. The monoisotopic (exact) mass is 190 g/mol. The van der Waals surface area contributed by atoms with Crippen LogP contribution in [-0.2, 0) is 0 Å². The van der Waals surface area contributed by atoms with Gasteiger partial charge in [-0.3, -0.25) is 9.48 Å². The Morgan fingerprint density at radius 3 is 2.64 bits per heavy atom. The molecule has 1 aromatic heterocycles. The Labute approximate surface area is 83.1 Å². The number of aromatic nitrogens is 2. The van der Waals surface area contributed by atoms with Gasteiger partial charge >= 0.3 is 0 Å². The van der Waals surface area contributed by atoms with Gasteiger partial charge < -0.3 is 0 Å². The fourth-order valence-electron chi connectivity index (χ4n) is 1.85. The van der Waals surface area contributed by atoms with E-state index in [2.05, 4.69) is 5.10 Å². The highest BCUT2D eigenvalue weighted by Crippen LogP contribution is 2.42. The molecule has 0 radical (unpaired) electrons. The largest absolute Gasteiger partial charge is 0.293 e. The normalized spacial score (nSPS) is 21.2. The summed E-state index contributed by atoms with van der Waals surface area (Å²) in [7, 11) is 0. The van der Waals surface area contributed by atoms with Crippen LogP contribution in [-0.4, -0.2) is 15.6 Å². The molecule has 0 unspecified atom stereocenters. The predicted octanol–water partition coefficient (Wildman–Crippen LogP) is 2.30. The number of hydrogen-bond donors (Lipinski definition) is 0. The number of carbonyl (C=O) groups is 1. The first-order valence-electron chi connectivity index (χ1n) is 5.36. The first kappa shape index (κ1) is 8.21. The molecule has 1 aromatic rings. The van der Waals surface area contributed by atoms with Crippen molar-refractivity contribution in [3.8, 4) is 0 Å². The van der Waals surface area contributed by atoms with Gasteiger partial charge in [0.25, 0.3) is 0 Å². The first-order chi connectivity index (χ1) is 6.75. The molecular weight excluding hydrogens is 176 g/mol. The summed E-state index contributed by atoms with van der Waals surface area (Å²) in [5.41, 5.74) is 1.96. The van der Waals surface area contributed by atoms with E-state index in [4.69, 9.17) is 0 Å². The topological polar surface area (TPSA) is 34.9 Å². The minimum Gasteiger partial charge on any atom is -0.293 e. The zero-order chi connectivity index (χ0) is 9.71. The Kier molecular flexibility index (Phi) is 1.58. The zero-order valence-corrected chi connectivity index (χ0v) is 8.36. The van der Waals surface area contributed by atoms with Crippen molar-refractivity contribution in [1.29, 1.82) is 0 Å². The number of nitrogens with zero attached hydrogens (tertiary/aromatic N) is 2. The van der Waals surface area contributed by atoms with E-state index < -0.39 is 0 Å². The number of rotatable bonds is 3. The zero-order valence-electron chi connectivity index (χ0n) is 8.36. The highest BCUT2D eigenvalue weighted by Gasteiger charge is 2.32. The third kappa shape index (κ3) is 1.27. The molecular formula is C11H14N2O. The van der Waals surface area contributed by atoms with Gasteiger partial charge in [-0.15, -0.1) is 0 Å². The molecule has 0 aromatic carbocycles. The van der Waals surface area contributed by atoms with Gasteiger partial charge in [0.05, 0.1) is 11.7 Å². The summed E-state index contributed by atoms with van der Waals surface area (Å²) in [6, 6.07) is 2.51. The standard InChI is InChI=1S/C11H14N2O/c1-7(14)11-6-10(8-2-3-8)12-13(11)9-4-5-9/h6,8-9H,2-5H2,1H3. The van der Waals surface area contributed by atoms with Crippen LogP contribution < -0.4 is 0 Å². The van der Waals surface area contributed by atoms with Crippen LogP contribution >= 0.6 is 0 Å². The van der Waals surface area contributed by atoms with Crippen molar-refractivity contribution in [1.82, 2.24) is 9.78 Å². The highest BCUT2D eigenvalue weighted by atomic mass is 16.1. The maximum Gasteiger partial charge on any atom is 0.177 e. The summed E-state index contributed by atoms with van der Waals surface area (Å²) in [6.45, 7) is 1.63. The summed E-state index contributed by atoms with van der Waals surface area (Å²) < 4.78 is 1.95. The van der Waals surface area contributed by atoms with Crippen LogP contribution in [0.4, 0.5) is 0 Å². The average Bonchev–Trinajstić information content (AvgIpc) is 3.03. The van der Waals surface area contributed by atoms with Gasteiger partial charge in [-0.1, -0.05) is 0 Å². The predicted molar refractivity (Wildman–Crippen MR) is 52.5 cm³/mol. The SMILES string of the molecule is CC(=O)c1cc(C2CC2)nn1C1CC1. The molecule has 0 atom stereocenters. The van der Waals surface area contributed by atoms with E-state index in [1.54, 1.807) is 6.92 Å². The van der Waals surface area contributed by atoms with Crippen molar-refractivity contribution in [2.45, 2.75) is 44.6 Å². The van der Waals surface area contributed by atoms with Crippen LogP contribution in [0.25, 0.3) is 0 Å². The number of ketones is 1. The smallest absolute Gasteiger partial charge is 0.177 e. The van der Waals surface area contributed by atoms with Crippen molar-refractivity contribution < 1.29 is 4.79 Å². The van der Waals surface area contributed by atoms with Gasteiger partial charge in [-0.25, -0.2) is 0 Å². The van der Waals surface area contributed by atoms with Crippen molar-refractivity contribution >= 4 is 5.78 Å². The molecule has 3 heteroatoms. The number of carbonyl (C=O) groups excluding carboxylic acids is 1. The summed E-state index contributed by atoms with van der Waals surface area (Å²) in [6.07, 6.45) is 4.87. The van der Waals surface area contributed by atoms with Gasteiger partial charge in [-0.2, -0.15) is 5.10 Å².